The van der Waals surface area contributed by atoms with E-state index in [9.17, 15) is 4.79 Å². The molecule has 1 aromatic rings. The summed E-state index contributed by atoms with van der Waals surface area (Å²) in [7, 11) is 2.28. The van der Waals surface area contributed by atoms with Gasteiger partial charge in [-0.05, 0) is 56.2 Å². The van der Waals surface area contributed by atoms with Crippen LogP contribution in [0.4, 0.5) is 0 Å². The Bertz CT molecular complexity index is 624. The lowest BCUT2D eigenvalue weighted by atomic mass is 9.48. The van der Waals surface area contributed by atoms with Crippen LogP contribution in [0.25, 0.3) is 0 Å². The lowest BCUT2D eigenvalue weighted by molar-refractivity contribution is -0.141. The fourth-order valence-corrected chi connectivity index (χ4v) is 6.19. The number of benzene rings is 1. The van der Waals surface area contributed by atoms with Gasteiger partial charge in [-0.1, -0.05) is 38.1 Å². The maximum absolute atomic E-state index is 12.7. The maximum Gasteiger partial charge on any atom is 0.137 e. The molecule has 5 atom stereocenters. The zero-order valence-corrected chi connectivity index (χ0v) is 14.7. The third-order valence-electron chi connectivity index (χ3n) is 7.29. The number of hydrogen-bond acceptors (Lipinski definition) is 2. The van der Waals surface area contributed by atoms with Crippen LogP contribution in [0.15, 0.2) is 24.3 Å². The number of carbonyl (C=O) groups is 1. The van der Waals surface area contributed by atoms with Crippen LogP contribution in [0, 0.1) is 11.8 Å². The standard InChI is InChI=1S/C21H29NO/c1-4-8-20(23)15-12-17-18-11-14-9-6-7-10-16(14)21(17,5-2)13-19(15)22(18)3/h6-7,9-10,15,17-19H,4-5,8,11-13H2,1-3H3/t15?,17?,18?,19?,21-/m0/s1. The molecule has 2 aliphatic carbocycles. The van der Waals surface area contributed by atoms with Crippen LogP contribution in [-0.4, -0.2) is 29.8 Å². The van der Waals surface area contributed by atoms with Crippen molar-refractivity contribution in [1.82, 2.24) is 4.90 Å². The number of fused-ring (bicyclic) bond motifs is 2. The Kier molecular flexibility index (Phi) is 3.64. The molecule has 4 aliphatic rings. The summed E-state index contributed by atoms with van der Waals surface area (Å²) < 4.78 is 0. The Morgan fingerprint density at radius 2 is 2.04 bits per heavy atom. The number of nitrogens with zero attached hydrogens (tertiary/aromatic N) is 1. The average Bonchev–Trinajstić information content (AvgIpc) is 2.58. The van der Waals surface area contributed by atoms with Crippen LogP contribution in [0.2, 0.25) is 0 Å². The minimum atomic E-state index is 0.283. The predicted octanol–water partition coefficient (Wildman–Crippen LogP) is 3.97. The molecule has 0 N–H and O–H groups in total. The van der Waals surface area contributed by atoms with E-state index in [2.05, 4.69) is 50.1 Å². The number of ketones is 1. The third-order valence-corrected chi connectivity index (χ3v) is 7.29. The largest absolute Gasteiger partial charge is 0.299 e. The van der Waals surface area contributed by atoms with Gasteiger partial charge in [-0.15, -0.1) is 0 Å². The van der Waals surface area contributed by atoms with Gasteiger partial charge >= 0.3 is 0 Å². The van der Waals surface area contributed by atoms with Crippen LogP contribution in [-0.2, 0) is 16.6 Å². The Hall–Kier alpha value is -1.15. The molecule has 0 radical (unpaired) electrons. The molecule has 2 heteroatoms. The first kappa shape index (κ1) is 15.4. The zero-order valence-electron chi connectivity index (χ0n) is 14.7. The van der Waals surface area contributed by atoms with E-state index < -0.39 is 0 Å². The predicted molar refractivity (Wildman–Crippen MR) is 93.6 cm³/mol. The molecule has 0 spiro atoms. The summed E-state index contributed by atoms with van der Waals surface area (Å²) in [5.41, 5.74) is 3.47. The Balaban J connectivity index is 1.76. The second kappa shape index (κ2) is 5.44. The zero-order chi connectivity index (χ0) is 16.2. The van der Waals surface area contributed by atoms with Crippen molar-refractivity contribution in [3.63, 3.8) is 0 Å². The average molecular weight is 311 g/mol. The van der Waals surface area contributed by atoms with E-state index in [1.165, 1.54) is 19.3 Å². The minimum Gasteiger partial charge on any atom is -0.299 e. The van der Waals surface area contributed by atoms with E-state index in [-0.39, 0.29) is 5.92 Å². The lowest BCUT2D eigenvalue weighted by Gasteiger charge is -2.65. The highest BCUT2D eigenvalue weighted by molar-refractivity contribution is 5.82. The summed E-state index contributed by atoms with van der Waals surface area (Å²) in [4.78, 5) is 15.2. The number of rotatable bonds is 4. The second-order valence-electron chi connectivity index (χ2n) is 8.04. The van der Waals surface area contributed by atoms with Crippen molar-refractivity contribution in [2.45, 2.75) is 69.9 Å². The summed E-state index contributed by atoms with van der Waals surface area (Å²) in [5.74, 6) is 1.46. The van der Waals surface area contributed by atoms with Gasteiger partial charge in [0.15, 0.2) is 0 Å². The molecular weight excluding hydrogens is 282 g/mol. The maximum atomic E-state index is 12.7. The second-order valence-corrected chi connectivity index (χ2v) is 8.04. The van der Waals surface area contributed by atoms with Gasteiger partial charge < -0.3 is 0 Å². The molecule has 2 aliphatic heterocycles. The molecule has 2 nitrogen and oxygen atoms in total. The number of Topliss-reactive ketones (excluding diaryl/α,β-unsaturated/α-hetero) is 1. The first-order chi connectivity index (χ1) is 11.1. The molecule has 1 aromatic carbocycles. The molecule has 4 bridgehead atoms. The topological polar surface area (TPSA) is 20.3 Å². The molecule has 23 heavy (non-hydrogen) atoms. The molecule has 0 aromatic heterocycles. The first-order valence-electron chi connectivity index (χ1n) is 9.45. The van der Waals surface area contributed by atoms with E-state index in [1.807, 2.05) is 0 Å². The molecule has 1 saturated carbocycles. The van der Waals surface area contributed by atoms with E-state index in [0.29, 0.717) is 29.2 Å². The van der Waals surface area contributed by atoms with Crippen molar-refractivity contribution < 1.29 is 4.79 Å². The Morgan fingerprint density at radius 1 is 1.26 bits per heavy atom. The molecule has 2 heterocycles. The SMILES string of the molecule is CCCC(=O)C1CC2C3Cc4ccccc4[C@]2(CC)CC1N3C. The van der Waals surface area contributed by atoms with E-state index in [1.54, 1.807) is 11.1 Å². The smallest absolute Gasteiger partial charge is 0.137 e. The van der Waals surface area contributed by atoms with Crippen LogP contribution in [0.1, 0.15) is 57.1 Å². The van der Waals surface area contributed by atoms with Gasteiger partial charge in [0.05, 0.1) is 0 Å². The summed E-state index contributed by atoms with van der Waals surface area (Å²) >= 11 is 0. The van der Waals surface area contributed by atoms with Gasteiger partial charge in [0.1, 0.15) is 5.78 Å². The number of likely N-dealkylation sites (N-methyl/N-ethyl adjacent to an activating group) is 1. The van der Waals surface area contributed by atoms with Gasteiger partial charge in [0.2, 0.25) is 0 Å². The molecule has 124 valence electrons. The molecule has 2 saturated heterocycles. The lowest BCUT2D eigenvalue weighted by Crippen LogP contribution is -2.69. The fourth-order valence-electron chi connectivity index (χ4n) is 6.19. The van der Waals surface area contributed by atoms with E-state index >= 15 is 0 Å². The van der Waals surface area contributed by atoms with Crippen molar-refractivity contribution in [3.05, 3.63) is 35.4 Å². The number of piperidine rings is 2. The molecule has 5 rings (SSSR count). The van der Waals surface area contributed by atoms with Gasteiger partial charge in [-0.25, -0.2) is 0 Å². The number of hydrogen-bond donors (Lipinski definition) is 0. The van der Waals surface area contributed by atoms with Crippen LogP contribution < -0.4 is 0 Å². The van der Waals surface area contributed by atoms with Crippen LogP contribution in [0.5, 0.6) is 0 Å². The normalized spacial score (nSPS) is 38.4. The fraction of sp³-hybridized carbons (Fsp3) is 0.667. The summed E-state index contributed by atoms with van der Waals surface area (Å²) in [6.45, 7) is 4.49. The summed E-state index contributed by atoms with van der Waals surface area (Å²) in [6.07, 6.45) is 6.44. The van der Waals surface area contributed by atoms with Crippen molar-refractivity contribution in [1.29, 1.82) is 0 Å². The van der Waals surface area contributed by atoms with Gasteiger partial charge in [-0.3, -0.25) is 9.69 Å². The minimum absolute atomic E-state index is 0.283. The highest BCUT2D eigenvalue weighted by atomic mass is 16.1. The van der Waals surface area contributed by atoms with Gasteiger partial charge in [0, 0.05) is 29.8 Å². The quantitative estimate of drug-likeness (QED) is 0.838. The van der Waals surface area contributed by atoms with Gasteiger partial charge in [-0.2, -0.15) is 0 Å². The number of carbonyl (C=O) groups excluding carboxylic acids is 1. The van der Waals surface area contributed by atoms with Crippen molar-refractivity contribution in [2.24, 2.45) is 11.8 Å². The van der Waals surface area contributed by atoms with Crippen LogP contribution >= 0.6 is 0 Å². The van der Waals surface area contributed by atoms with Crippen LogP contribution in [0.3, 0.4) is 0 Å². The molecule has 4 unspecified atom stereocenters. The highest BCUT2D eigenvalue weighted by Gasteiger charge is 2.60. The first-order valence-corrected chi connectivity index (χ1v) is 9.45. The van der Waals surface area contributed by atoms with Crippen molar-refractivity contribution in [3.8, 4) is 0 Å². The Labute approximate surface area is 140 Å². The third kappa shape index (κ3) is 2.00. The molecule has 0 amide bonds. The van der Waals surface area contributed by atoms with E-state index in [4.69, 9.17) is 0 Å². The van der Waals surface area contributed by atoms with Crippen molar-refractivity contribution >= 4 is 5.78 Å². The van der Waals surface area contributed by atoms with Crippen molar-refractivity contribution in [2.75, 3.05) is 7.05 Å². The van der Waals surface area contributed by atoms with Gasteiger partial charge in [0.25, 0.3) is 0 Å². The summed E-state index contributed by atoms with van der Waals surface area (Å²) in [5, 5.41) is 0. The molecular formula is C21H29NO. The highest BCUT2D eigenvalue weighted by Crippen LogP contribution is 2.59. The van der Waals surface area contributed by atoms with E-state index in [0.717, 1.165) is 19.3 Å². The molecule has 3 fully saturated rings. The Morgan fingerprint density at radius 3 is 2.78 bits per heavy atom. The summed E-state index contributed by atoms with van der Waals surface area (Å²) in [6, 6.07) is 10.2. The monoisotopic (exact) mass is 311 g/mol.